The first-order valence-electron chi connectivity index (χ1n) is 11.6. The number of nitrogens with one attached hydrogen (secondary N) is 1. The molecule has 173 valence electrons. The van der Waals surface area contributed by atoms with Crippen molar-refractivity contribution in [2.24, 2.45) is 0 Å². The number of anilines is 3. The van der Waals surface area contributed by atoms with Crippen LogP contribution >= 0.6 is 0 Å². The molecule has 2 aromatic heterocycles. The van der Waals surface area contributed by atoms with Crippen LogP contribution in [0.4, 0.5) is 17.2 Å². The summed E-state index contributed by atoms with van der Waals surface area (Å²) in [5, 5.41) is 3.54. The Morgan fingerprint density at radius 2 is 1.89 bits per heavy atom. The molecule has 1 N–H and O–H groups in total. The average molecular weight is 461 g/mol. The molecular formula is C27H26BN6O. The Morgan fingerprint density at radius 3 is 2.69 bits per heavy atom. The topological polar surface area (TPSA) is 74.2 Å². The van der Waals surface area contributed by atoms with Gasteiger partial charge in [0.2, 0.25) is 0 Å². The zero-order valence-electron chi connectivity index (χ0n) is 19.6. The zero-order chi connectivity index (χ0) is 24.0. The van der Waals surface area contributed by atoms with Gasteiger partial charge in [-0.25, -0.2) is 9.97 Å². The molecule has 1 aliphatic heterocycles. The van der Waals surface area contributed by atoms with E-state index in [0.717, 1.165) is 66.3 Å². The third kappa shape index (κ3) is 5.39. The molecule has 0 atom stereocenters. The lowest BCUT2D eigenvalue weighted by atomic mass is 9.94. The number of benzene rings is 2. The van der Waals surface area contributed by atoms with Crippen LogP contribution in [-0.4, -0.2) is 47.0 Å². The highest BCUT2D eigenvalue weighted by molar-refractivity contribution is 6.69. The molecule has 7 nitrogen and oxygen atoms in total. The molecular weight excluding hydrogens is 435 g/mol. The minimum absolute atomic E-state index is 0.688. The highest BCUT2D eigenvalue weighted by Gasteiger charge is 2.23. The minimum atomic E-state index is 0.688. The Hall–Kier alpha value is -4.04. The molecule has 4 aromatic rings. The summed E-state index contributed by atoms with van der Waals surface area (Å²) < 4.78 is 0. The van der Waals surface area contributed by atoms with Gasteiger partial charge in [0.1, 0.15) is 12.0 Å². The molecule has 0 amide bonds. The molecule has 3 heterocycles. The normalized spacial score (nSPS) is 13.1. The van der Waals surface area contributed by atoms with Crippen LogP contribution < -0.4 is 10.1 Å². The molecule has 0 fully saturated rings. The second-order valence-electron chi connectivity index (χ2n) is 8.57. The van der Waals surface area contributed by atoms with Crippen molar-refractivity contribution in [3.63, 3.8) is 0 Å². The molecule has 2 aromatic carbocycles. The van der Waals surface area contributed by atoms with E-state index < -0.39 is 0 Å². The van der Waals surface area contributed by atoms with Gasteiger partial charge < -0.3 is 14.9 Å². The first kappa shape index (κ1) is 22.7. The van der Waals surface area contributed by atoms with Crippen LogP contribution in [0.3, 0.4) is 0 Å². The number of hydrogen-bond donors (Lipinski definition) is 1. The van der Waals surface area contributed by atoms with Crippen LogP contribution in [0.5, 0.6) is 0 Å². The van der Waals surface area contributed by atoms with E-state index in [9.17, 15) is 4.79 Å². The Morgan fingerprint density at radius 1 is 1.06 bits per heavy atom. The number of aromatic nitrogens is 3. The number of nitrogens with zero attached hydrogens (tertiary/aromatic N) is 5. The lowest BCUT2D eigenvalue weighted by molar-refractivity contribution is 0.243. The van der Waals surface area contributed by atoms with Crippen LogP contribution in [0.1, 0.15) is 16.8 Å². The summed E-state index contributed by atoms with van der Waals surface area (Å²) in [6.45, 7) is 2.59. The minimum Gasteiger partial charge on any atom is -0.415 e. The second kappa shape index (κ2) is 10.5. The van der Waals surface area contributed by atoms with Gasteiger partial charge in [0.25, 0.3) is 0 Å². The smallest absolute Gasteiger partial charge is 0.328 e. The maximum Gasteiger partial charge on any atom is 0.328 e. The van der Waals surface area contributed by atoms with Gasteiger partial charge >= 0.3 is 7.41 Å². The maximum atomic E-state index is 10.9. The first-order valence-corrected chi connectivity index (χ1v) is 11.6. The summed E-state index contributed by atoms with van der Waals surface area (Å²) in [4.78, 5) is 29.2. The van der Waals surface area contributed by atoms with Gasteiger partial charge in [0.15, 0.2) is 5.82 Å². The number of hydrogen-bond acceptors (Lipinski definition) is 7. The lowest BCUT2D eigenvalue weighted by Gasteiger charge is -2.30. The fourth-order valence-electron chi connectivity index (χ4n) is 4.30. The van der Waals surface area contributed by atoms with Crippen LogP contribution in [0.15, 0.2) is 79.1 Å². The Kier molecular flexibility index (Phi) is 6.81. The van der Waals surface area contributed by atoms with Gasteiger partial charge in [-0.2, -0.15) is 0 Å². The summed E-state index contributed by atoms with van der Waals surface area (Å²) in [5.41, 5.74) is 6.22. The first-order chi connectivity index (χ1) is 17.2. The predicted octanol–water partition coefficient (Wildman–Crippen LogP) is 4.09. The molecule has 0 aliphatic carbocycles. The van der Waals surface area contributed by atoms with E-state index in [1.165, 1.54) is 13.0 Å². The molecule has 0 spiro atoms. The van der Waals surface area contributed by atoms with Crippen molar-refractivity contribution >= 4 is 30.8 Å². The SMILES string of the molecule is CN([B]C=O)c1cccc(Nc2nc(-c3ccncc3)nc3c2CN(Cc2ccccc2)CC3)c1. The summed E-state index contributed by atoms with van der Waals surface area (Å²) in [5.74, 6) is 1.49. The fraction of sp³-hybridized carbons (Fsp3) is 0.185. The standard InChI is InChI=1S/C27H26BN6O/c1-33(28-19-35)23-9-5-8-22(16-23)30-27-24-18-34(17-20-6-3-2-4-7-20)15-12-25(24)31-26(32-27)21-10-13-29-14-11-21/h2-11,13-14,16,19H,12,15,17-18H2,1H3,(H,30,31,32). The van der Waals surface area contributed by atoms with Crippen LogP contribution in [0.2, 0.25) is 0 Å². The lowest BCUT2D eigenvalue weighted by Crippen LogP contribution is -2.31. The van der Waals surface area contributed by atoms with Crippen molar-refractivity contribution in [2.75, 3.05) is 23.7 Å². The number of fused-ring (bicyclic) bond motifs is 1. The molecule has 5 rings (SSSR count). The van der Waals surface area contributed by atoms with Gasteiger partial charge in [-0.15, -0.1) is 0 Å². The Bertz CT molecular complexity index is 1300. The van der Waals surface area contributed by atoms with E-state index in [0.29, 0.717) is 5.82 Å². The summed E-state index contributed by atoms with van der Waals surface area (Å²) in [6, 6.07) is 22.3. The summed E-state index contributed by atoms with van der Waals surface area (Å²) in [7, 11) is 3.34. The summed E-state index contributed by atoms with van der Waals surface area (Å²) >= 11 is 0. The monoisotopic (exact) mass is 461 g/mol. The van der Waals surface area contributed by atoms with Crippen molar-refractivity contribution < 1.29 is 4.79 Å². The average Bonchev–Trinajstić information content (AvgIpc) is 2.90. The highest BCUT2D eigenvalue weighted by atomic mass is 16.1. The molecule has 0 unspecified atom stereocenters. The van der Waals surface area contributed by atoms with Gasteiger partial charge in [-0.05, 0) is 42.9 Å². The molecule has 35 heavy (non-hydrogen) atoms. The maximum absolute atomic E-state index is 10.9. The molecule has 1 radical (unpaired) electrons. The van der Waals surface area contributed by atoms with E-state index in [1.54, 1.807) is 17.2 Å². The largest absolute Gasteiger partial charge is 0.415 e. The van der Waals surface area contributed by atoms with Crippen molar-refractivity contribution in [3.05, 3.63) is 95.9 Å². The molecule has 1 aliphatic rings. The Labute approximate surface area is 206 Å². The van der Waals surface area contributed by atoms with Crippen molar-refractivity contribution in [3.8, 4) is 11.4 Å². The van der Waals surface area contributed by atoms with E-state index in [4.69, 9.17) is 9.97 Å². The third-order valence-corrected chi connectivity index (χ3v) is 6.13. The molecule has 0 saturated carbocycles. The van der Waals surface area contributed by atoms with Gasteiger partial charge in [-0.3, -0.25) is 9.88 Å². The highest BCUT2D eigenvalue weighted by Crippen LogP contribution is 2.30. The second-order valence-corrected chi connectivity index (χ2v) is 8.57. The fourth-order valence-corrected chi connectivity index (χ4v) is 4.30. The predicted molar refractivity (Wildman–Crippen MR) is 140 cm³/mol. The van der Waals surface area contributed by atoms with E-state index in [1.807, 2.05) is 49.5 Å². The third-order valence-electron chi connectivity index (χ3n) is 6.13. The molecule has 8 heteroatoms. The van der Waals surface area contributed by atoms with E-state index in [-0.39, 0.29) is 0 Å². The van der Waals surface area contributed by atoms with Gasteiger partial charge in [-0.1, -0.05) is 36.4 Å². The van der Waals surface area contributed by atoms with Crippen LogP contribution in [-0.2, 0) is 24.3 Å². The number of pyridine rings is 1. The molecule has 0 saturated heterocycles. The quantitative estimate of drug-likeness (QED) is 0.313. The number of carbonyl (C=O) groups excluding carboxylic acids is 1. The zero-order valence-corrected chi connectivity index (χ0v) is 19.6. The van der Waals surface area contributed by atoms with E-state index >= 15 is 0 Å². The number of carbonyl (C=O) groups is 1. The van der Waals surface area contributed by atoms with Gasteiger partial charge in [0, 0.05) is 61.0 Å². The van der Waals surface area contributed by atoms with Crippen LogP contribution in [0, 0.1) is 0 Å². The Balaban J connectivity index is 1.49. The van der Waals surface area contributed by atoms with Crippen molar-refractivity contribution in [2.45, 2.75) is 19.5 Å². The van der Waals surface area contributed by atoms with Gasteiger partial charge in [0.05, 0.1) is 5.69 Å². The molecule has 0 bridgehead atoms. The summed E-state index contributed by atoms with van der Waals surface area (Å²) in [6.07, 6.45) is 5.16. The van der Waals surface area contributed by atoms with Crippen LogP contribution in [0.25, 0.3) is 11.4 Å². The van der Waals surface area contributed by atoms with Crippen molar-refractivity contribution in [1.29, 1.82) is 0 Å². The van der Waals surface area contributed by atoms with E-state index in [2.05, 4.69) is 39.5 Å². The number of rotatable bonds is 8. The van der Waals surface area contributed by atoms with Crippen molar-refractivity contribution in [1.82, 2.24) is 19.9 Å².